The largest absolute Gasteiger partial charge is 0.496 e. The maximum Gasteiger partial charge on any atom is 0.124 e. The van der Waals surface area contributed by atoms with Gasteiger partial charge in [-0.05, 0) is 42.5 Å². The van der Waals surface area contributed by atoms with E-state index in [4.69, 9.17) is 10.5 Å². The van der Waals surface area contributed by atoms with Crippen LogP contribution in [-0.4, -0.2) is 13.4 Å². The van der Waals surface area contributed by atoms with Gasteiger partial charge in [-0.15, -0.1) is 11.8 Å². The fourth-order valence-corrected chi connectivity index (χ4v) is 3.19. The summed E-state index contributed by atoms with van der Waals surface area (Å²) in [6.45, 7) is 2.04. The molecule has 1 atom stereocenters. The molecule has 0 radical (unpaired) electrons. The molecule has 0 fully saturated rings. The Hall–Kier alpha value is -0.970. The van der Waals surface area contributed by atoms with Gasteiger partial charge in [-0.1, -0.05) is 34.1 Å². The molecule has 0 saturated carbocycles. The minimum absolute atomic E-state index is 0.203. The zero-order valence-corrected chi connectivity index (χ0v) is 14.2. The highest BCUT2D eigenvalue weighted by Gasteiger charge is 2.18. The first-order chi connectivity index (χ1) is 9.58. The number of ether oxygens (including phenoxy) is 1. The highest BCUT2D eigenvalue weighted by atomic mass is 79.9. The quantitative estimate of drug-likeness (QED) is 0.821. The summed E-state index contributed by atoms with van der Waals surface area (Å²) in [5, 5.41) is 0. The van der Waals surface area contributed by atoms with Crippen molar-refractivity contribution in [2.75, 3.05) is 13.4 Å². The zero-order chi connectivity index (χ0) is 14.7. The molecule has 0 heterocycles. The Morgan fingerprint density at radius 3 is 2.55 bits per heavy atom. The number of aryl methyl sites for hydroxylation is 1. The fourth-order valence-electron chi connectivity index (χ4n) is 2.18. The summed E-state index contributed by atoms with van der Waals surface area (Å²) in [5.74, 6) is 0.828. The minimum Gasteiger partial charge on any atom is -0.496 e. The molecule has 0 saturated heterocycles. The molecule has 0 aliphatic carbocycles. The van der Waals surface area contributed by atoms with Crippen LogP contribution in [0.1, 0.15) is 22.7 Å². The van der Waals surface area contributed by atoms with Gasteiger partial charge < -0.3 is 10.5 Å². The van der Waals surface area contributed by atoms with Crippen molar-refractivity contribution in [2.45, 2.75) is 17.9 Å². The molecular formula is C16H18BrNOS. The van der Waals surface area contributed by atoms with Gasteiger partial charge in [0.2, 0.25) is 0 Å². The van der Waals surface area contributed by atoms with Crippen molar-refractivity contribution in [3.8, 4) is 5.75 Å². The van der Waals surface area contributed by atoms with E-state index in [9.17, 15) is 0 Å². The topological polar surface area (TPSA) is 35.2 Å². The first-order valence-corrected chi connectivity index (χ1v) is 8.32. The first kappa shape index (κ1) is 15.4. The van der Waals surface area contributed by atoms with Gasteiger partial charge in [0.15, 0.2) is 0 Å². The van der Waals surface area contributed by atoms with Gasteiger partial charge in [0.05, 0.1) is 13.2 Å². The van der Waals surface area contributed by atoms with Crippen molar-refractivity contribution < 1.29 is 4.74 Å². The lowest BCUT2D eigenvalue weighted by Gasteiger charge is -2.19. The van der Waals surface area contributed by atoms with Crippen molar-refractivity contribution in [3.05, 3.63) is 57.6 Å². The Bertz CT molecular complexity index is 615. The first-order valence-electron chi connectivity index (χ1n) is 6.31. The Morgan fingerprint density at radius 1 is 1.20 bits per heavy atom. The number of rotatable bonds is 4. The third-order valence-electron chi connectivity index (χ3n) is 3.32. The van der Waals surface area contributed by atoms with Crippen LogP contribution in [0.15, 0.2) is 45.8 Å². The van der Waals surface area contributed by atoms with Crippen LogP contribution in [0.5, 0.6) is 5.75 Å². The van der Waals surface area contributed by atoms with Gasteiger partial charge in [-0.2, -0.15) is 0 Å². The molecule has 0 aliphatic rings. The van der Waals surface area contributed by atoms with E-state index in [1.54, 1.807) is 18.9 Å². The van der Waals surface area contributed by atoms with Crippen LogP contribution >= 0.6 is 27.7 Å². The van der Waals surface area contributed by atoms with Crippen LogP contribution in [0, 0.1) is 6.92 Å². The summed E-state index contributed by atoms with van der Waals surface area (Å²) in [4.78, 5) is 1.19. The number of hydrogen-bond donors (Lipinski definition) is 1. The average Bonchev–Trinajstić information content (AvgIpc) is 2.48. The van der Waals surface area contributed by atoms with Crippen LogP contribution in [-0.2, 0) is 0 Å². The predicted molar refractivity (Wildman–Crippen MR) is 89.7 cm³/mol. The number of hydrogen-bond acceptors (Lipinski definition) is 3. The normalized spacial score (nSPS) is 12.2. The molecule has 2 nitrogen and oxygen atoms in total. The van der Waals surface area contributed by atoms with Crippen molar-refractivity contribution in [1.82, 2.24) is 0 Å². The van der Waals surface area contributed by atoms with Crippen molar-refractivity contribution in [2.24, 2.45) is 5.73 Å². The van der Waals surface area contributed by atoms with Crippen molar-refractivity contribution >= 4 is 27.7 Å². The van der Waals surface area contributed by atoms with E-state index in [0.29, 0.717) is 0 Å². The second kappa shape index (κ2) is 6.66. The summed E-state index contributed by atoms with van der Waals surface area (Å²) < 4.78 is 6.54. The van der Waals surface area contributed by atoms with E-state index >= 15 is 0 Å². The van der Waals surface area contributed by atoms with Gasteiger partial charge in [0, 0.05) is 14.9 Å². The van der Waals surface area contributed by atoms with Gasteiger partial charge in [0.1, 0.15) is 5.75 Å². The van der Waals surface area contributed by atoms with Crippen LogP contribution < -0.4 is 10.5 Å². The second-order valence-corrected chi connectivity index (χ2v) is 6.27. The molecule has 0 aliphatic heterocycles. The van der Waals surface area contributed by atoms with E-state index in [-0.39, 0.29) is 6.04 Å². The van der Waals surface area contributed by atoms with Crippen molar-refractivity contribution in [1.29, 1.82) is 0 Å². The zero-order valence-electron chi connectivity index (χ0n) is 11.8. The number of nitrogens with two attached hydrogens (primary N) is 1. The molecule has 2 aromatic rings. The molecule has 0 aromatic heterocycles. The molecule has 0 bridgehead atoms. The number of methoxy groups -OCH3 is 1. The molecule has 4 heteroatoms. The maximum absolute atomic E-state index is 6.47. The molecule has 2 rings (SSSR count). The molecule has 20 heavy (non-hydrogen) atoms. The SMILES string of the molecule is COc1cc(C)c(Br)cc1C(N)c1ccccc1SC. The van der Waals surface area contributed by atoms with Gasteiger partial charge >= 0.3 is 0 Å². The Labute approximate surface area is 132 Å². The molecule has 1 unspecified atom stereocenters. The Morgan fingerprint density at radius 2 is 1.90 bits per heavy atom. The van der Waals surface area contributed by atoms with Crippen LogP contribution in [0.3, 0.4) is 0 Å². The average molecular weight is 352 g/mol. The van der Waals surface area contributed by atoms with Crippen LogP contribution in [0.25, 0.3) is 0 Å². The molecule has 2 aromatic carbocycles. The fraction of sp³-hybridized carbons (Fsp3) is 0.250. The summed E-state index contributed by atoms with van der Waals surface area (Å²) in [7, 11) is 1.68. The standard InChI is InChI=1S/C16H18BrNOS/c1-10-8-14(19-2)12(9-13(10)17)16(18)11-6-4-5-7-15(11)20-3/h4-9,16H,18H2,1-3H3. The van der Waals surface area contributed by atoms with E-state index in [1.807, 2.05) is 25.1 Å². The molecule has 0 spiro atoms. The van der Waals surface area contributed by atoms with E-state index < -0.39 is 0 Å². The van der Waals surface area contributed by atoms with Crippen LogP contribution in [0.2, 0.25) is 0 Å². The highest BCUT2D eigenvalue weighted by molar-refractivity contribution is 9.10. The number of halogens is 1. The van der Waals surface area contributed by atoms with Crippen LogP contribution in [0.4, 0.5) is 0 Å². The van der Waals surface area contributed by atoms with Gasteiger partial charge in [-0.25, -0.2) is 0 Å². The molecule has 106 valence electrons. The minimum atomic E-state index is -0.203. The third kappa shape index (κ3) is 3.03. The molecule has 2 N–H and O–H groups in total. The van der Waals surface area contributed by atoms with Crippen molar-refractivity contribution in [3.63, 3.8) is 0 Å². The Kier molecular flexibility index (Phi) is 5.13. The molecular weight excluding hydrogens is 334 g/mol. The maximum atomic E-state index is 6.47. The summed E-state index contributed by atoms with van der Waals surface area (Å²) in [6, 6.07) is 12.1. The second-order valence-electron chi connectivity index (χ2n) is 4.56. The molecule has 0 amide bonds. The Balaban J connectivity index is 2.52. The lowest BCUT2D eigenvalue weighted by atomic mass is 9.97. The van der Waals surface area contributed by atoms with Gasteiger partial charge in [0.25, 0.3) is 0 Å². The monoisotopic (exact) mass is 351 g/mol. The number of thioether (sulfide) groups is 1. The highest BCUT2D eigenvalue weighted by Crippen LogP contribution is 2.35. The lowest BCUT2D eigenvalue weighted by molar-refractivity contribution is 0.407. The van der Waals surface area contributed by atoms with E-state index in [0.717, 1.165) is 26.9 Å². The number of benzene rings is 2. The van der Waals surface area contributed by atoms with E-state index in [1.165, 1.54) is 4.90 Å². The third-order valence-corrected chi connectivity index (χ3v) is 4.99. The summed E-state index contributed by atoms with van der Waals surface area (Å²) in [5.41, 5.74) is 9.72. The van der Waals surface area contributed by atoms with Gasteiger partial charge in [-0.3, -0.25) is 0 Å². The predicted octanol–water partition coefficient (Wildman–Crippen LogP) is 4.54. The summed E-state index contributed by atoms with van der Waals surface area (Å²) >= 11 is 5.28. The smallest absolute Gasteiger partial charge is 0.124 e. The lowest BCUT2D eigenvalue weighted by Crippen LogP contribution is -2.14. The summed E-state index contributed by atoms with van der Waals surface area (Å²) in [6.07, 6.45) is 2.06. The van der Waals surface area contributed by atoms with E-state index in [2.05, 4.69) is 40.4 Å².